The van der Waals surface area contributed by atoms with Gasteiger partial charge in [-0.2, -0.15) is 0 Å². The van der Waals surface area contributed by atoms with Crippen LogP contribution in [0.1, 0.15) is 72.6 Å². The van der Waals surface area contributed by atoms with E-state index in [9.17, 15) is 4.79 Å². The predicted molar refractivity (Wildman–Crippen MR) is 112 cm³/mol. The lowest BCUT2D eigenvalue weighted by Crippen LogP contribution is -2.54. The Hall–Kier alpha value is -0.830. The summed E-state index contributed by atoms with van der Waals surface area (Å²) < 4.78 is 11.8. The molecule has 0 aromatic heterocycles. The van der Waals surface area contributed by atoms with E-state index in [0.29, 0.717) is 46.9 Å². The molecule has 158 valence electrons. The lowest BCUT2D eigenvalue weighted by atomic mass is 9.45. The van der Waals surface area contributed by atoms with Crippen molar-refractivity contribution in [2.75, 3.05) is 14.2 Å². The molecule has 9 atom stereocenters. The SMILES string of the molecule is COC1=C[C@@H]2C[C@H](OC)CC[C@]2(C)[C@H]2CC[C@]3(C)[C@@H]([C@H](C)C(C)=O)CC[C@H]3[C@H]12. The molecule has 0 aromatic carbocycles. The molecule has 0 bridgehead atoms. The Morgan fingerprint density at radius 2 is 1.75 bits per heavy atom. The lowest BCUT2D eigenvalue weighted by molar-refractivity contribution is -0.127. The minimum Gasteiger partial charge on any atom is -0.501 e. The van der Waals surface area contributed by atoms with Gasteiger partial charge in [0.05, 0.1) is 19.0 Å². The fraction of sp³-hybridized carbons (Fsp3) is 0.880. The summed E-state index contributed by atoms with van der Waals surface area (Å²) in [5.74, 6) is 4.80. The highest BCUT2D eigenvalue weighted by atomic mass is 16.5. The van der Waals surface area contributed by atoms with Crippen LogP contribution in [0.5, 0.6) is 0 Å². The molecule has 3 nitrogen and oxygen atoms in total. The van der Waals surface area contributed by atoms with E-state index in [0.717, 1.165) is 6.42 Å². The summed E-state index contributed by atoms with van der Waals surface area (Å²) in [5.41, 5.74) is 0.643. The van der Waals surface area contributed by atoms with E-state index in [1.54, 1.807) is 6.92 Å². The molecule has 0 amide bonds. The van der Waals surface area contributed by atoms with Crippen LogP contribution >= 0.6 is 0 Å². The van der Waals surface area contributed by atoms with E-state index in [1.165, 1.54) is 44.3 Å². The molecule has 0 aromatic rings. The molecule has 4 aliphatic carbocycles. The second-order valence-corrected chi connectivity index (χ2v) is 10.9. The molecule has 0 aliphatic heterocycles. The van der Waals surface area contributed by atoms with Gasteiger partial charge in [-0.15, -0.1) is 0 Å². The molecule has 4 aliphatic rings. The number of carbonyl (C=O) groups is 1. The van der Waals surface area contributed by atoms with Gasteiger partial charge >= 0.3 is 0 Å². The Kier molecular flexibility index (Phi) is 5.22. The number of ether oxygens (including phenoxy) is 2. The Bertz CT molecular complexity index is 654. The molecule has 0 unspecified atom stereocenters. The molecule has 3 fully saturated rings. The molecule has 0 spiro atoms. The Morgan fingerprint density at radius 1 is 1.07 bits per heavy atom. The zero-order valence-corrected chi connectivity index (χ0v) is 18.8. The molecule has 28 heavy (non-hydrogen) atoms. The van der Waals surface area contributed by atoms with Crippen LogP contribution in [-0.4, -0.2) is 26.1 Å². The standard InChI is InChI=1S/C25H40O3/c1-15(16(2)26)19-7-8-20-23-21(10-12-25(19,20)4)24(3)11-9-18(27-5)13-17(24)14-22(23)28-6/h14-15,17-21,23H,7-13H2,1-6H3/t15-,17+,18-,19-,20+,21+,23+,24+,25-/m1/s1. The lowest BCUT2D eigenvalue weighted by Gasteiger charge is -2.60. The summed E-state index contributed by atoms with van der Waals surface area (Å²) >= 11 is 0. The quantitative estimate of drug-likeness (QED) is 0.625. The predicted octanol–water partition coefficient (Wildman–Crippen LogP) is 5.64. The monoisotopic (exact) mass is 388 g/mol. The molecule has 0 heterocycles. The highest BCUT2D eigenvalue weighted by Crippen LogP contribution is 2.68. The molecule has 0 saturated heterocycles. The van der Waals surface area contributed by atoms with Crippen molar-refractivity contribution in [1.29, 1.82) is 0 Å². The van der Waals surface area contributed by atoms with Gasteiger partial charge < -0.3 is 9.47 Å². The van der Waals surface area contributed by atoms with Crippen molar-refractivity contribution in [3.05, 3.63) is 11.8 Å². The Balaban J connectivity index is 1.69. The van der Waals surface area contributed by atoms with Crippen molar-refractivity contribution in [3.63, 3.8) is 0 Å². The van der Waals surface area contributed by atoms with Crippen LogP contribution < -0.4 is 0 Å². The van der Waals surface area contributed by atoms with Gasteiger partial charge in [0.1, 0.15) is 5.78 Å². The third-order valence-electron chi connectivity index (χ3n) is 10.1. The molecule has 0 N–H and O–H groups in total. The van der Waals surface area contributed by atoms with Gasteiger partial charge in [0.25, 0.3) is 0 Å². The summed E-state index contributed by atoms with van der Waals surface area (Å²) in [6.45, 7) is 9.00. The van der Waals surface area contributed by atoms with Gasteiger partial charge in [0.2, 0.25) is 0 Å². The van der Waals surface area contributed by atoms with Gasteiger partial charge in [0, 0.05) is 18.9 Å². The van der Waals surface area contributed by atoms with Crippen molar-refractivity contribution in [2.45, 2.75) is 78.7 Å². The van der Waals surface area contributed by atoms with Crippen LogP contribution in [0, 0.1) is 46.3 Å². The van der Waals surface area contributed by atoms with Crippen molar-refractivity contribution in [3.8, 4) is 0 Å². The van der Waals surface area contributed by atoms with Crippen LogP contribution in [-0.2, 0) is 14.3 Å². The van der Waals surface area contributed by atoms with Gasteiger partial charge in [-0.05, 0) is 92.4 Å². The van der Waals surface area contributed by atoms with Crippen molar-refractivity contribution >= 4 is 5.78 Å². The van der Waals surface area contributed by atoms with Crippen molar-refractivity contribution < 1.29 is 14.3 Å². The van der Waals surface area contributed by atoms with Crippen LogP contribution in [0.2, 0.25) is 0 Å². The van der Waals surface area contributed by atoms with E-state index < -0.39 is 0 Å². The number of ketones is 1. The first-order chi connectivity index (χ1) is 13.3. The van der Waals surface area contributed by atoms with Crippen LogP contribution in [0.3, 0.4) is 0 Å². The fourth-order valence-electron chi connectivity index (χ4n) is 8.20. The number of methoxy groups -OCH3 is 2. The summed E-state index contributed by atoms with van der Waals surface area (Å²) in [5, 5.41) is 0. The number of allylic oxidation sites excluding steroid dienone is 2. The molecular formula is C25H40O3. The van der Waals surface area contributed by atoms with E-state index in [-0.39, 0.29) is 11.3 Å². The second kappa shape index (κ2) is 7.15. The van der Waals surface area contributed by atoms with E-state index in [2.05, 4.69) is 26.8 Å². The number of hydrogen-bond acceptors (Lipinski definition) is 3. The van der Waals surface area contributed by atoms with Crippen molar-refractivity contribution in [1.82, 2.24) is 0 Å². The summed E-state index contributed by atoms with van der Waals surface area (Å²) in [4.78, 5) is 12.2. The van der Waals surface area contributed by atoms with Gasteiger partial charge in [-0.1, -0.05) is 20.8 Å². The van der Waals surface area contributed by atoms with Crippen LogP contribution in [0.25, 0.3) is 0 Å². The highest BCUT2D eigenvalue weighted by molar-refractivity contribution is 5.78. The number of Topliss-reactive ketones (excluding diaryl/α,β-unsaturated/α-hetero) is 1. The van der Waals surface area contributed by atoms with Gasteiger partial charge in [-0.25, -0.2) is 0 Å². The normalized spacial score (nSPS) is 48.7. The molecule has 0 radical (unpaired) electrons. The first kappa shape index (κ1) is 20.4. The van der Waals surface area contributed by atoms with Gasteiger partial charge in [0.15, 0.2) is 0 Å². The number of carbonyl (C=O) groups excluding carboxylic acids is 1. The Labute approximate surface area is 171 Å². The number of rotatable bonds is 4. The largest absolute Gasteiger partial charge is 0.501 e. The van der Waals surface area contributed by atoms with Crippen LogP contribution in [0.4, 0.5) is 0 Å². The molecule has 3 heteroatoms. The average Bonchev–Trinajstić information content (AvgIpc) is 3.03. The van der Waals surface area contributed by atoms with Crippen LogP contribution in [0.15, 0.2) is 11.8 Å². The third-order valence-corrected chi connectivity index (χ3v) is 10.1. The molecule has 3 saturated carbocycles. The van der Waals surface area contributed by atoms with Crippen molar-refractivity contribution in [2.24, 2.45) is 46.3 Å². The topological polar surface area (TPSA) is 35.5 Å². The molecular weight excluding hydrogens is 348 g/mol. The summed E-state index contributed by atoms with van der Waals surface area (Å²) in [7, 11) is 3.74. The zero-order chi connectivity index (χ0) is 20.3. The maximum absolute atomic E-state index is 12.2. The minimum absolute atomic E-state index is 0.186. The first-order valence-electron chi connectivity index (χ1n) is 11.5. The maximum Gasteiger partial charge on any atom is 0.132 e. The minimum atomic E-state index is 0.186. The fourth-order valence-corrected chi connectivity index (χ4v) is 8.20. The second-order valence-electron chi connectivity index (χ2n) is 10.9. The first-order valence-corrected chi connectivity index (χ1v) is 11.5. The van der Waals surface area contributed by atoms with E-state index in [1.807, 2.05) is 14.2 Å². The maximum atomic E-state index is 12.2. The smallest absolute Gasteiger partial charge is 0.132 e. The van der Waals surface area contributed by atoms with E-state index in [4.69, 9.17) is 9.47 Å². The average molecular weight is 389 g/mol. The highest BCUT2D eigenvalue weighted by Gasteiger charge is 2.62. The number of hydrogen-bond donors (Lipinski definition) is 0. The summed E-state index contributed by atoms with van der Waals surface area (Å²) in [6, 6.07) is 0. The Morgan fingerprint density at radius 3 is 2.39 bits per heavy atom. The van der Waals surface area contributed by atoms with E-state index >= 15 is 0 Å². The third kappa shape index (κ3) is 2.82. The van der Waals surface area contributed by atoms with Gasteiger partial charge in [-0.3, -0.25) is 4.79 Å². The zero-order valence-electron chi connectivity index (χ0n) is 18.8. The number of fused-ring (bicyclic) bond motifs is 5. The molecule has 4 rings (SSSR count). The summed E-state index contributed by atoms with van der Waals surface area (Å²) in [6.07, 6.45) is 11.5.